The van der Waals surface area contributed by atoms with Crippen LogP contribution in [-0.4, -0.2) is 15.0 Å². The van der Waals surface area contributed by atoms with E-state index in [1.54, 1.807) is 36.4 Å². The summed E-state index contributed by atoms with van der Waals surface area (Å²) in [5.41, 5.74) is 0.421. The molecule has 1 N–H and O–H groups in total. The first-order valence-corrected chi connectivity index (χ1v) is 7.35. The van der Waals surface area contributed by atoms with Crippen molar-refractivity contribution in [3.05, 3.63) is 35.9 Å². The summed E-state index contributed by atoms with van der Waals surface area (Å²) in [6, 6.07) is 12.0. The molecule has 0 radical (unpaired) electrons. The van der Waals surface area contributed by atoms with E-state index in [9.17, 15) is 13.7 Å². The molecular formula is C13H15N3O2S. The zero-order valence-corrected chi connectivity index (χ0v) is 11.4. The average molecular weight is 277 g/mol. The molecule has 0 aliphatic rings. The maximum Gasteiger partial charge on any atom is 0.236 e. The van der Waals surface area contributed by atoms with Crippen LogP contribution >= 0.6 is 0 Å². The SMILES string of the molecule is CCCC(C#N)(c1ccccc1)S(=O)(=O)NCC#N. The summed E-state index contributed by atoms with van der Waals surface area (Å²) in [4.78, 5) is 0. The van der Waals surface area contributed by atoms with Crippen LogP contribution in [0.4, 0.5) is 0 Å². The first-order valence-electron chi connectivity index (χ1n) is 5.87. The number of nitrogens with zero attached hydrogens (tertiary/aromatic N) is 2. The van der Waals surface area contributed by atoms with Crippen LogP contribution in [0.25, 0.3) is 0 Å². The number of nitrogens with one attached hydrogen (secondary N) is 1. The molecule has 6 heteroatoms. The van der Waals surface area contributed by atoms with Gasteiger partial charge in [0.2, 0.25) is 10.0 Å². The minimum absolute atomic E-state index is 0.175. The van der Waals surface area contributed by atoms with E-state index in [0.717, 1.165) is 0 Å². The van der Waals surface area contributed by atoms with E-state index in [1.165, 1.54) is 0 Å². The fourth-order valence-electron chi connectivity index (χ4n) is 1.92. The van der Waals surface area contributed by atoms with Gasteiger partial charge >= 0.3 is 0 Å². The van der Waals surface area contributed by atoms with E-state index in [0.29, 0.717) is 12.0 Å². The van der Waals surface area contributed by atoms with Crippen molar-refractivity contribution in [2.24, 2.45) is 0 Å². The predicted octanol–water partition coefficient (Wildman–Crippen LogP) is 1.65. The van der Waals surface area contributed by atoms with Crippen molar-refractivity contribution in [3.63, 3.8) is 0 Å². The Morgan fingerprint density at radius 1 is 1.26 bits per heavy atom. The lowest BCUT2D eigenvalue weighted by Gasteiger charge is -2.26. The van der Waals surface area contributed by atoms with Crippen molar-refractivity contribution in [2.75, 3.05) is 6.54 Å². The molecule has 1 unspecified atom stereocenters. The van der Waals surface area contributed by atoms with Crippen LogP contribution < -0.4 is 4.72 Å². The van der Waals surface area contributed by atoms with Gasteiger partial charge in [-0.2, -0.15) is 15.2 Å². The van der Waals surface area contributed by atoms with Crippen molar-refractivity contribution < 1.29 is 8.42 Å². The largest absolute Gasteiger partial charge is 0.236 e. The second kappa shape index (κ2) is 6.33. The van der Waals surface area contributed by atoms with Gasteiger partial charge < -0.3 is 0 Å². The lowest BCUT2D eigenvalue weighted by atomic mass is 9.95. The Morgan fingerprint density at radius 3 is 2.37 bits per heavy atom. The van der Waals surface area contributed by atoms with Gasteiger partial charge in [-0.1, -0.05) is 43.7 Å². The van der Waals surface area contributed by atoms with Gasteiger partial charge in [-0.05, 0) is 12.0 Å². The standard InChI is InChI=1S/C13H15N3O2S/c1-2-8-13(11-15,12-6-4-3-5-7-12)19(17,18)16-10-9-14/h3-7,16H,2,8,10H2,1H3. The Hall–Kier alpha value is -1.89. The number of hydrogen-bond donors (Lipinski definition) is 1. The Morgan fingerprint density at radius 2 is 1.89 bits per heavy atom. The summed E-state index contributed by atoms with van der Waals surface area (Å²) in [6.45, 7) is 1.47. The van der Waals surface area contributed by atoms with E-state index in [2.05, 4.69) is 4.72 Å². The van der Waals surface area contributed by atoms with E-state index in [4.69, 9.17) is 5.26 Å². The van der Waals surface area contributed by atoms with Gasteiger partial charge in [0.15, 0.2) is 4.75 Å². The molecule has 0 aliphatic heterocycles. The zero-order valence-electron chi connectivity index (χ0n) is 10.6. The third kappa shape index (κ3) is 2.93. The summed E-state index contributed by atoms with van der Waals surface area (Å²) in [6.07, 6.45) is 0.712. The molecule has 0 bridgehead atoms. The minimum Gasteiger partial charge on any atom is -0.210 e. The van der Waals surface area contributed by atoms with E-state index in [1.807, 2.05) is 13.0 Å². The Labute approximate surface area is 113 Å². The van der Waals surface area contributed by atoms with E-state index >= 15 is 0 Å². The van der Waals surface area contributed by atoms with Gasteiger partial charge in [0.05, 0.1) is 18.7 Å². The molecule has 100 valence electrons. The number of sulfonamides is 1. The molecule has 0 aliphatic carbocycles. The summed E-state index contributed by atoms with van der Waals surface area (Å²) in [5.74, 6) is 0. The van der Waals surface area contributed by atoms with Gasteiger partial charge in [-0.25, -0.2) is 8.42 Å². The van der Waals surface area contributed by atoms with Gasteiger partial charge in [0, 0.05) is 0 Å². The van der Waals surface area contributed by atoms with Gasteiger partial charge in [-0.3, -0.25) is 0 Å². The van der Waals surface area contributed by atoms with E-state index < -0.39 is 14.8 Å². The number of nitriles is 2. The van der Waals surface area contributed by atoms with Crippen LogP contribution in [0.5, 0.6) is 0 Å². The molecule has 1 rings (SSSR count). The van der Waals surface area contributed by atoms with Crippen molar-refractivity contribution >= 4 is 10.0 Å². The third-order valence-corrected chi connectivity index (χ3v) is 4.80. The molecule has 1 aromatic rings. The van der Waals surface area contributed by atoms with Crippen molar-refractivity contribution in [1.82, 2.24) is 4.72 Å². The molecule has 0 heterocycles. The maximum atomic E-state index is 12.3. The highest BCUT2D eigenvalue weighted by molar-refractivity contribution is 7.90. The Balaban J connectivity index is 3.38. The van der Waals surface area contributed by atoms with E-state index in [-0.39, 0.29) is 13.0 Å². The van der Waals surface area contributed by atoms with Gasteiger partial charge in [-0.15, -0.1) is 0 Å². The summed E-state index contributed by atoms with van der Waals surface area (Å²) in [5, 5.41) is 18.0. The normalized spacial score (nSPS) is 14.1. The van der Waals surface area contributed by atoms with Crippen LogP contribution in [-0.2, 0) is 14.8 Å². The first kappa shape index (κ1) is 15.2. The highest BCUT2D eigenvalue weighted by Crippen LogP contribution is 2.34. The predicted molar refractivity (Wildman–Crippen MR) is 71.2 cm³/mol. The summed E-state index contributed by atoms with van der Waals surface area (Å²) >= 11 is 0. The molecule has 0 amide bonds. The molecule has 0 aromatic heterocycles. The van der Waals surface area contributed by atoms with Crippen LogP contribution in [0.2, 0.25) is 0 Å². The molecule has 5 nitrogen and oxygen atoms in total. The molecule has 0 saturated carbocycles. The monoisotopic (exact) mass is 277 g/mol. The minimum atomic E-state index is -3.95. The second-order valence-corrected chi connectivity index (χ2v) is 6.03. The lowest BCUT2D eigenvalue weighted by molar-refractivity contribution is 0.533. The molecule has 0 fully saturated rings. The van der Waals surface area contributed by atoms with Crippen molar-refractivity contribution in [3.8, 4) is 12.1 Å². The topological polar surface area (TPSA) is 93.8 Å². The van der Waals surface area contributed by atoms with Crippen LogP contribution in [0.15, 0.2) is 30.3 Å². The third-order valence-electron chi connectivity index (χ3n) is 2.82. The molecule has 1 aromatic carbocycles. The Kier molecular flexibility index (Phi) is 5.05. The summed E-state index contributed by atoms with van der Waals surface area (Å²) < 4.78 is 25.2. The van der Waals surface area contributed by atoms with Gasteiger partial charge in [0.25, 0.3) is 0 Å². The molecule has 1 atom stereocenters. The molecule has 0 spiro atoms. The second-order valence-electron chi connectivity index (χ2n) is 4.04. The fourth-order valence-corrected chi connectivity index (χ4v) is 3.46. The highest BCUT2D eigenvalue weighted by atomic mass is 32.2. The van der Waals surface area contributed by atoms with Crippen molar-refractivity contribution in [2.45, 2.75) is 24.5 Å². The highest BCUT2D eigenvalue weighted by Gasteiger charge is 2.45. The Bertz CT molecular complexity index is 599. The molecule has 0 saturated heterocycles. The number of rotatable bonds is 6. The summed E-state index contributed by atoms with van der Waals surface area (Å²) in [7, 11) is -3.95. The van der Waals surface area contributed by atoms with Crippen LogP contribution in [0.1, 0.15) is 25.3 Å². The number of hydrogen-bond acceptors (Lipinski definition) is 4. The van der Waals surface area contributed by atoms with Crippen LogP contribution in [0, 0.1) is 22.7 Å². The molecular weight excluding hydrogens is 262 g/mol. The number of benzene rings is 1. The maximum absolute atomic E-state index is 12.3. The van der Waals surface area contributed by atoms with Crippen LogP contribution in [0.3, 0.4) is 0 Å². The van der Waals surface area contributed by atoms with Gasteiger partial charge in [0.1, 0.15) is 0 Å². The first-order chi connectivity index (χ1) is 9.04. The molecule has 19 heavy (non-hydrogen) atoms. The zero-order chi connectivity index (χ0) is 14.4. The fraction of sp³-hybridized carbons (Fsp3) is 0.385. The van der Waals surface area contributed by atoms with Crippen molar-refractivity contribution in [1.29, 1.82) is 10.5 Å². The smallest absolute Gasteiger partial charge is 0.210 e. The lowest BCUT2D eigenvalue weighted by Crippen LogP contribution is -2.43. The average Bonchev–Trinajstić information content (AvgIpc) is 2.43. The quantitative estimate of drug-likeness (QED) is 0.800.